The fourth-order valence-electron chi connectivity index (χ4n) is 2.41. The molecule has 0 aromatic carbocycles. The molecule has 2 heterocycles. The first-order chi connectivity index (χ1) is 10.5. The quantitative estimate of drug-likeness (QED) is 0.852. The number of hydrogen-bond acceptors (Lipinski definition) is 3. The Hall–Kier alpha value is -2.11. The van der Waals surface area contributed by atoms with E-state index in [1.807, 2.05) is 55.5 Å². The van der Waals surface area contributed by atoms with E-state index in [-0.39, 0.29) is 11.9 Å². The molecule has 0 fully saturated rings. The highest BCUT2D eigenvalue weighted by Gasteiger charge is 2.08. The Morgan fingerprint density at radius 3 is 2.73 bits per heavy atom. The molecule has 0 unspecified atom stereocenters. The summed E-state index contributed by atoms with van der Waals surface area (Å²) in [5.41, 5.74) is 3.29. The highest BCUT2D eigenvalue weighted by atomic mass is 16.1. The van der Waals surface area contributed by atoms with Gasteiger partial charge >= 0.3 is 0 Å². The lowest BCUT2D eigenvalue weighted by atomic mass is 10.2. The first-order valence-electron chi connectivity index (χ1n) is 7.74. The summed E-state index contributed by atoms with van der Waals surface area (Å²) in [5.74, 6) is 0.0808. The molecule has 2 aromatic rings. The van der Waals surface area contributed by atoms with Gasteiger partial charge in [0.25, 0.3) is 0 Å². The minimum Gasteiger partial charge on any atom is -0.354 e. The molecule has 0 aliphatic rings. The minimum atomic E-state index is 0.0808. The summed E-state index contributed by atoms with van der Waals surface area (Å²) in [7, 11) is 0. The van der Waals surface area contributed by atoms with Crippen LogP contribution in [0.15, 0.2) is 18.5 Å². The maximum Gasteiger partial charge on any atom is 0.220 e. The average Bonchev–Trinajstić information content (AvgIpc) is 3.02. The van der Waals surface area contributed by atoms with Gasteiger partial charge in [-0.25, -0.2) is 0 Å². The Morgan fingerprint density at radius 1 is 1.36 bits per heavy atom. The molecule has 1 atom stereocenters. The molecule has 0 bridgehead atoms. The second-order valence-electron chi connectivity index (χ2n) is 5.90. The average molecular weight is 303 g/mol. The fraction of sp³-hybridized carbons (Fsp3) is 0.562. The van der Waals surface area contributed by atoms with Crippen LogP contribution >= 0.6 is 0 Å². The van der Waals surface area contributed by atoms with E-state index in [4.69, 9.17) is 0 Å². The number of aromatic nitrogens is 4. The van der Waals surface area contributed by atoms with Gasteiger partial charge in [-0.05, 0) is 45.7 Å². The van der Waals surface area contributed by atoms with E-state index in [0.717, 1.165) is 29.9 Å². The Morgan fingerprint density at radius 2 is 2.14 bits per heavy atom. The molecule has 0 radical (unpaired) electrons. The molecule has 2 rings (SSSR count). The van der Waals surface area contributed by atoms with Gasteiger partial charge in [0, 0.05) is 31.4 Å². The monoisotopic (exact) mass is 303 g/mol. The van der Waals surface area contributed by atoms with Crippen molar-refractivity contribution in [3.8, 4) is 0 Å². The fourth-order valence-corrected chi connectivity index (χ4v) is 2.41. The highest BCUT2D eigenvalue weighted by molar-refractivity contribution is 5.75. The van der Waals surface area contributed by atoms with Crippen LogP contribution in [0.25, 0.3) is 0 Å². The summed E-state index contributed by atoms with van der Waals surface area (Å²) in [4.78, 5) is 11.9. The topological polar surface area (TPSA) is 64.7 Å². The molecule has 0 aliphatic carbocycles. The van der Waals surface area contributed by atoms with E-state index in [1.54, 1.807) is 0 Å². The second-order valence-corrected chi connectivity index (χ2v) is 5.90. The van der Waals surface area contributed by atoms with E-state index >= 15 is 0 Å². The zero-order valence-corrected chi connectivity index (χ0v) is 13.8. The van der Waals surface area contributed by atoms with Crippen molar-refractivity contribution in [1.82, 2.24) is 24.9 Å². The van der Waals surface area contributed by atoms with Crippen molar-refractivity contribution in [1.29, 1.82) is 0 Å². The van der Waals surface area contributed by atoms with Gasteiger partial charge < -0.3 is 5.32 Å². The maximum absolute atomic E-state index is 11.9. The predicted octanol–water partition coefficient (Wildman–Crippen LogP) is 2.16. The molecule has 0 spiro atoms. The van der Waals surface area contributed by atoms with Crippen molar-refractivity contribution in [3.05, 3.63) is 35.4 Å². The number of aryl methyl sites for hydroxylation is 4. The van der Waals surface area contributed by atoms with Crippen LogP contribution in [0.3, 0.4) is 0 Å². The number of nitrogens with zero attached hydrogens (tertiary/aromatic N) is 4. The van der Waals surface area contributed by atoms with Crippen LogP contribution in [-0.4, -0.2) is 32.0 Å². The van der Waals surface area contributed by atoms with Gasteiger partial charge in [-0.15, -0.1) is 0 Å². The van der Waals surface area contributed by atoms with Crippen molar-refractivity contribution in [2.45, 2.75) is 53.1 Å². The van der Waals surface area contributed by atoms with Gasteiger partial charge in [-0.2, -0.15) is 10.2 Å². The van der Waals surface area contributed by atoms with Crippen molar-refractivity contribution in [2.24, 2.45) is 0 Å². The molecule has 22 heavy (non-hydrogen) atoms. The van der Waals surface area contributed by atoms with Gasteiger partial charge in [0.2, 0.25) is 5.91 Å². The molecular weight excluding hydrogens is 278 g/mol. The van der Waals surface area contributed by atoms with E-state index in [1.165, 1.54) is 0 Å². The first kappa shape index (κ1) is 16.3. The Labute approximate surface area is 131 Å². The van der Waals surface area contributed by atoms with Gasteiger partial charge in [-0.1, -0.05) is 0 Å². The van der Waals surface area contributed by atoms with E-state index in [9.17, 15) is 4.79 Å². The van der Waals surface area contributed by atoms with Gasteiger partial charge in [0.05, 0.1) is 17.9 Å². The molecule has 0 aliphatic heterocycles. The smallest absolute Gasteiger partial charge is 0.220 e. The molecular formula is C16H25N5O. The van der Waals surface area contributed by atoms with Crippen LogP contribution in [0.4, 0.5) is 0 Å². The maximum atomic E-state index is 11.9. The van der Waals surface area contributed by atoms with Crippen LogP contribution in [0, 0.1) is 20.8 Å². The van der Waals surface area contributed by atoms with E-state index in [2.05, 4.69) is 15.5 Å². The van der Waals surface area contributed by atoms with Crippen molar-refractivity contribution >= 4 is 5.91 Å². The molecule has 6 nitrogen and oxygen atoms in total. The third-order valence-corrected chi connectivity index (χ3v) is 3.65. The molecule has 0 saturated heterocycles. The molecule has 1 amide bonds. The number of rotatable bonds is 7. The number of carbonyl (C=O) groups is 1. The zero-order chi connectivity index (χ0) is 16.1. The second kappa shape index (κ2) is 7.24. The van der Waals surface area contributed by atoms with Crippen LogP contribution < -0.4 is 5.32 Å². The molecule has 1 N–H and O–H groups in total. The Bertz CT molecular complexity index is 628. The SMILES string of the molecule is Cc1cnn([C@H](C)CNC(=O)CCCn2nc(C)cc2C)c1. The number of nitrogens with one attached hydrogen (secondary N) is 1. The van der Waals surface area contributed by atoms with Crippen molar-refractivity contribution in [3.63, 3.8) is 0 Å². The van der Waals surface area contributed by atoms with Crippen LogP contribution in [0.2, 0.25) is 0 Å². The molecule has 0 saturated carbocycles. The lowest BCUT2D eigenvalue weighted by molar-refractivity contribution is -0.121. The van der Waals surface area contributed by atoms with E-state index in [0.29, 0.717) is 13.0 Å². The van der Waals surface area contributed by atoms with Gasteiger partial charge in [-0.3, -0.25) is 14.2 Å². The summed E-state index contributed by atoms with van der Waals surface area (Å²) in [6.45, 7) is 9.44. The summed E-state index contributed by atoms with van der Waals surface area (Å²) in [6.07, 6.45) is 5.12. The number of amides is 1. The lowest BCUT2D eigenvalue weighted by Crippen LogP contribution is -2.29. The zero-order valence-electron chi connectivity index (χ0n) is 13.8. The summed E-state index contributed by atoms with van der Waals surface area (Å²) in [6, 6.07) is 2.21. The lowest BCUT2D eigenvalue weighted by Gasteiger charge is -2.13. The Balaban J connectivity index is 1.68. The van der Waals surface area contributed by atoms with Gasteiger partial charge in [0.15, 0.2) is 0 Å². The van der Waals surface area contributed by atoms with Crippen molar-refractivity contribution < 1.29 is 4.79 Å². The minimum absolute atomic E-state index is 0.0808. The largest absolute Gasteiger partial charge is 0.354 e. The predicted molar refractivity (Wildman–Crippen MR) is 85.6 cm³/mol. The standard InChI is InChI=1S/C16H25N5O/c1-12-9-18-21(11-12)15(4)10-17-16(22)6-5-7-20-14(3)8-13(2)19-20/h8-9,11,15H,5-7,10H2,1-4H3,(H,17,22)/t15-/m1/s1. The summed E-state index contributed by atoms with van der Waals surface area (Å²) in [5, 5.41) is 11.6. The molecule has 120 valence electrons. The van der Waals surface area contributed by atoms with Crippen LogP contribution in [-0.2, 0) is 11.3 Å². The normalized spacial score (nSPS) is 12.4. The van der Waals surface area contributed by atoms with E-state index < -0.39 is 0 Å². The number of carbonyl (C=O) groups excluding carboxylic acids is 1. The van der Waals surface area contributed by atoms with Crippen LogP contribution in [0.5, 0.6) is 0 Å². The third-order valence-electron chi connectivity index (χ3n) is 3.65. The molecule has 2 aromatic heterocycles. The first-order valence-corrected chi connectivity index (χ1v) is 7.74. The Kier molecular flexibility index (Phi) is 5.35. The van der Waals surface area contributed by atoms with Crippen molar-refractivity contribution in [2.75, 3.05) is 6.54 Å². The van der Waals surface area contributed by atoms with Crippen LogP contribution in [0.1, 0.15) is 42.8 Å². The number of hydrogen-bond donors (Lipinski definition) is 1. The summed E-state index contributed by atoms with van der Waals surface area (Å²) >= 11 is 0. The highest BCUT2D eigenvalue weighted by Crippen LogP contribution is 2.06. The summed E-state index contributed by atoms with van der Waals surface area (Å²) < 4.78 is 3.84. The molecule has 6 heteroatoms. The third kappa shape index (κ3) is 4.44. The van der Waals surface area contributed by atoms with Gasteiger partial charge in [0.1, 0.15) is 0 Å².